The Morgan fingerprint density at radius 3 is 3.06 bits per heavy atom. The highest BCUT2D eigenvalue weighted by molar-refractivity contribution is 5.51. The van der Waals surface area contributed by atoms with Crippen molar-refractivity contribution in [1.29, 1.82) is 0 Å². The van der Waals surface area contributed by atoms with Gasteiger partial charge in [-0.05, 0) is 0 Å². The number of nitrogens with zero attached hydrogens (tertiary/aromatic N) is 3. The third-order valence-corrected chi connectivity index (χ3v) is 2.02. The number of hydrogen-bond donors (Lipinski definition) is 2. The fourth-order valence-corrected chi connectivity index (χ4v) is 1.19. The molecule has 0 aromatic carbocycles. The van der Waals surface area contributed by atoms with Crippen molar-refractivity contribution in [2.45, 2.75) is 33.0 Å². The number of aromatic nitrogens is 3. The largest absolute Gasteiger partial charge is 0.309 e. The molecule has 0 amide bonds. The SMILES string of the molecule is CC(C)NCc1cn(CCNCC=O)nn1. The molecule has 6 nitrogen and oxygen atoms in total. The van der Waals surface area contributed by atoms with Crippen molar-refractivity contribution >= 4 is 6.29 Å². The second kappa shape index (κ2) is 7.08. The molecule has 1 aromatic rings. The quantitative estimate of drug-likeness (QED) is 0.464. The van der Waals surface area contributed by atoms with E-state index in [0.717, 1.165) is 31.6 Å². The van der Waals surface area contributed by atoms with E-state index in [1.54, 1.807) is 4.68 Å². The number of carbonyl (C=O) groups excluding carboxylic acids is 1. The molecule has 16 heavy (non-hydrogen) atoms. The van der Waals surface area contributed by atoms with Crippen LogP contribution in [0.15, 0.2) is 6.20 Å². The molecule has 90 valence electrons. The second-order valence-corrected chi connectivity index (χ2v) is 3.88. The average Bonchev–Trinajstić information content (AvgIpc) is 2.70. The molecule has 0 spiro atoms. The maximum Gasteiger partial charge on any atom is 0.133 e. The van der Waals surface area contributed by atoms with Gasteiger partial charge in [-0.1, -0.05) is 19.1 Å². The van der Waals surface area contributed by atoms with Crippen LogP contribution < -0.4 is 10.6 Å². The lowest BCUT2D eigenvalue weighted by Crippen LogP contribution is -2.22. The molecule has 1 aromatic heterocycles. The zero-order valence-electron chi connectivity index (χ0n) is 9.81. The van der Waals surface area contributed by atoms with Crippen LogP contribution in [0.2, 0.25) is 0 Å². The molecular formula is C10H19N5O. The van der Waals surface area contributed by atoms with E-state index >= 15 is 0 Å². The first-order valence-corrected chi connectivity index (χ1v) is 5.49. The van der Waals surface area contributed by atoms with Crippen molar-refractivity contribution < 1.29 is 4.79 Å². The first-order chi connectivity index (χ1) is 7.72. The highest BCUT2D eigenvalue weighted by Crippen LogP contribution is 1.93. The monoisotopic (exact) mass is 225 g/mol. The molecule has 0 saturated carbocycles. The summed E-state index contributed by atoms with van der Waals surface area (Å²) < 4.78 is 1.77. The minimum Gasteiger partial charge on any atom is -0.309 e. The molecule has 0 atom stereocenters. The van der Waals surface area contributed by atoms with Crippen LogP contribution in [0.25, 0.3) is 0 Å². The summed E-state index contributed by atoms with van der Waals surface area (Å²) in [5, 5.41) is 14.3. The van der Waals surface area contributed by atoms with E-state index in [1.165, 1.54) is 0 Å². The van der Waals surface area contributed by atoms with Crippen LogP contribution in [0.5, 0.6) is 0 Å². The summed E-state index contributed by atoms with van der Waals surface area (Å²) in [4.78, 5) is 10.1. The molecule has 1 heterocycles. The first kappa shape index (κ1) is 12.8. The van der Waals surface area contributed by atoms with Crippen molar-refractivity contribution in [2.75, 3.05) is 13.1 Å². The summed E-state index contributed by atoms with van der Waals surface area (Å²) >= 11 is 0. The summed E-state index contributed by atoms with van der Waals surface area (Å²) in [6.45, 7) is 6.75. The van der Waals surface area contributed by atoms with Gasteiger partial charge in [0.25, 0.3) is 0 Å². The molecule has 6 heteroatoms. The van der Waals surface area contributed by atoms with Crippen molar-refractivity contribution in [1.82, 2.24) is 25.6 Å². The Kier molecular flexibility index (Phi) is 5.66. The Bertz CT molecular complexity index is 310. The third kappa shape index (κ3) is 4.99. The Hall–Kier alpha value is -1.27. The smallest absolute Gasteiger partial charge is 0.133 e. The van der Waals surface area contributed by atoms with Gasteiger partial charge >= 0.3 is 0 Å². The summed E-state index contributed by atoms with van der Waals surface area (Å²) in [6.07, 6.45) is 2.76. The van der Waals surface area contributed by atoms with Crippen LogP contribution in [-0.2, 0) is 17.9 Å². The van der Waals surface area contributed by atoms with Crippen LogP contribution in [0.4, 0.5) is 0 Å². The molecular weight excluding hydrogens is 206 g/mol. The van der Waals surface area contributed by atoms with Crippen molar-refractivity contribution in [3.8, 4) is 0 Å². The molecule has 0 bridgehead atoms. The van der Waals surface area contributed by atoms with Crippen LogP contribution >= 0.6 is 0 Å². The Labute approximate surface area is 95.4 Å². The highest BCUT2D eigenvalue weighted by Gasteiger charge is 2.00. The minimum absolute atomic E-state index is 0.385. The molecule has 2 N–H and O–H groups in total. The molecule has 0 unspecified atom stereocenters. The van der Waals surface area contributed by atoms with Gasteiger partial charge in [-0.3, -0.25) is 4.68 Å². The van der Waals surface area contributed by atoms with E-state index in [2.05, 4.69) is 34.8 Å². The first-order valence-electron chi connectivity index (χ1n) is 5.49. The molecule has 0 radical (unpaired) electrons. The number of carbonyl (C=O) groups is 1. The maximum absolute atomic E-state index is 10.1. The topological polar surface area (TPSA) is 71.8 Å². The lowest BCUT2D eigenvalue weighted by Gasteiger charge is -2.04. The van der Waals surface area contributed by atoms with Gasteiger partial charge in [0.1, 0.15) is 6.29 Å². The van der Waals surface area contributed by atoms with Crippen molar-refractivity contribution in [3.63, 3.8) is 0 Å². The van der Waals surface area contributed by atoms with E-state index in [1.807, 2.05) is 6.20 Å². The standard InChI is InChI=1S/C10H19N5O/c1-9(2)12-7-10-8-15(14-13-10)5-3-11-4-6-16/h6,8-9,11-12H,3-5,7H2,1-2H3. The zero-order chi connectivity index (χ0) is 11.8. The molecule has 0 saturated heterocycles. The van der Waals surface area contributed by atoms with Crippen LogP contribution in [-0.4, -0.2) is 40.4 Å². The minimum atomic E-state index is 0.385. The Morgan fingerprint density at radius 2 is 2.38 bits per heavy atom. The summed E-state index contributed by atoms with van der Waals surface area (Å²) in [6, 6.07) is 0.444. The Balaban J connectivity index is 2.25. The normalized spacial score (nSPS) is 10.9. The predicted octanol–water partition coefficient (Wildman–Crippen LogP) is -0.435. The van der Waals surface area contributed by atoms with Gasteiger partial charge in [0.2, 0.25) is 0 Å². The van der Waals surface area contributed by atoms with E-state index in [-0.39, 0.29) is 0 Å². The van der Waals surface area contributed by atoms with Crippen molar-refractivity contribution in [3.05, 3.63) is 11.9 Å². The van der Waals surface area contributed by atoms with Gasteiger partial charge in [-0.2, -0.15) is 0 Å². The zero-order valence-corrected chi connectivity index (χ0v) is 9.81. The van der Waals surface area contributed by atoms with Gasteiger partial charge in [0.15, 0.2) is 0 Å². The van der Waals surface area contributed by atoms with E-state index in [9.17, 15) is 4.79 Å². The van der Waals surface area contributed by atoms with Gasteiger partial charge in [-0.15, -0.1) is 5.10 Å². The number of nitrogens with one attached hydrogen (secondary N) is 2. The predicted molar refractivity (Wildman–Crippen MR) is 60.9 cm³/mol. The van der Waals surface area contributed by atoms with Gasteiger partial charge in [-0.25, -0.2) is 0 Å². The Morgan fingerprint density at radius 1 is 1.56 bits per heavy atom. The lowest BCUT2D eigenvalue weighted by atomic mass is 10.3. The highest BCUT2D eigenvalue weighted by atomic mass is 16.1. The van der Waals surface area contributed by atoms with E-state index in [4.69, 9.17) is 0 Å². The third-order valence-electron chi connectivity index (χ3n) is 2.02. The molecule has 0 aliphatic rings. The fourth-order valence-electron chi connectivity index (χ4n) is 1.19. The number of rotatable bonds is 8. The summed E-state index contributed by atoms with van der Waals surface area (Å²) in [5.74, 6) is 0. The molecule has 0 fully saturated rings. The lowest BCUT2D eigenvalue weighted by molar-refractivity contribution is -0.107. The van der Waals surface area contributed by atoms with Crippen molar-refractivity contribution in [2.24, 2.45) is 0 Å². The summed E-state index contributed by atoms with van der Waals surface area (Å²) in [5.41, 5.74) is 0.934. The second-order valence-electron chi connectivity index (χ2n) is 3.88. The van der Waals surface area contributed by atoms with Gasteiger partial charge < -0.3 is 15.4 Å². The number of hydrogen-bond acceptors (Lipinski definition) is 5. The van der Waals surface area contributed by atoms with Gasteiger partial charge in [0, 0.05) is 25.3 Å². The van der Waals surface area contributed by atoms with Crippen LogP contribution in [0.3, 0.4) is 0 Å². The van der Waals surface area contributed by atoms with E-state index < -0.39 is 0 Å². The number of aldehydes is 1. The molecule has 0 aliphatic heterocycles. The molecule has 0 aliphatic carbocycles. The van der Waals surface area contributed by atoms with Gasteiger partial charge in [0.05, 0.1) is 18.8 Å². The van der Waals surface area contributed by atoms with E-state index in [0.29, 0.717) is 12.6 Å². The summed E-state index contributed by atoms with van der Waals surface area (Å²) in [7, 11) is 0. The fraction of sp³-hybridized carbons (Fsp3) is 0.700. The average molecular weight is 225 g/mol. The molecule has 1 rings (SSSR count). The maximum atomic E-state index is 10.1. The van der Waals surface area contributed by atoms with Crippen LogP contribution in [0, 0.1) is 0 Å². The van der Waals surface area contributed by atoms with Crippen LogP contribution in [0.1, 0.15) is 19.5 Å².